The molecule has 0 bridgehead atoms. The summed E-state index contributed by atoms with van der Waals surface area (Å²) in [7, 11) is 0. The molecule has 5 heteroatoms. The van der Waals surface area contributed by atoms with Gasteiger partial charge in [0, 0.05) is 0 Å². The summed E-state index contributed by atoms with van der Waals surface area (Å²) >= 11 is 0. The van der Waals surface area contributed by atoms with E-state index < -0.39 is 11.7 Å². The van der Waals surface area contributed by atoms with Gasteiger partial charge in [-0.05, 0) is 0 Å². The van der Waals surface area contributed by atoms with Gasteiger partial charge < -0.3 is 5.11 Å². The van der Waals surface area contributed by atoms with Crippen molar-refractivity contribution in [3.63, 3.8) is 0 Å². The first-order valence-electron chi connectivity index (χ1n) is 1.78. The summed E-state index contributed by atoms with van der Waals surface area (Å²) in [4.78, 5) is 13.1. The van der Waals surface area contributed by atoms with Gasteiger partial charge in [-0.25, -0.2) is 0 Å². The summed E-state index contributed by atoms with van der Waals surface area (Å²) in [6.07, 6.45) is 0. The highest BCUT2D eigenvalue weighted by atomic mass is 17.0. The molecule has 5 nitrogen and oxygen atoms in total. The van der Waals surface area contributed by atoms with Crippen LogP contribution >= 0.6 is 0 Å². The molecule has 0 fully saturated rings. The van der Waals surface area contributed by atoms with Crippen molar-refractivity contribution in [1.82, 2.24) is 0 Å². The maximum atomic E-state index is 9.38. The Kier molecular flexibility index (Phi) is 2.57. The van der Waals surface area contributed by atoms with Crippen molar-refractivity contribution >= 4 is 0 Å². The first-order chi connectivity index (χ1) is 3.66. The van der Waals surface area contributed by atoms with Crippen LogP contribution < -0.4 is 0 Å². The smallest absolute Gasteiger partial charge is 0.299 e. The topological polar surface area (TPSA) is 72.6 Å². The molecular formula is C3H5NO4. The quantitative estimate of drug-likeness (QED) is 0.314. The molecule has 1 N–H and O–H groups in total. The van der Waals surface area contributed by atoms with Gasteiger partial charge in [-0.1, -0.05) is 6.58 Å². The maximum absolute atomic E-state index is 9.38. The minimum atomic E-state index is -1.03. The van der Waals surface area contributed by atoms with Gasteiger partial charge in [-0.3, -0.25) is 4.84 Å². The highest BCUT2D eigenvalue weighted by molar-refractivity contribution is 4.77. The molecule has 0 aromatic carbocycles. The van der Waals surface area contributed by atoms with Gasteiger partial charge in [0.25, 0.3) is 5.09 Å². The van der Waals surface area contributed by atoms with E-state index in [-0.39, 0.29) is 5.76 Å². The third kappa shape index (κ3) is 3.10. The molecule has 8 heavy (non-hydrogen) atoms. The summed E-state index contributed by atoms with van der Waals surface area (Å²) in [5, 5.41) is 16.4. The van der Waals surface area contributed by atoms with Crippen molar-refractivity contribution in [2.24, 2.45) is 0 Å². The van der Waals surface area contributed by atoms with E-state index in [0.29, 0.717) is 0 Å². The van der Waals surface area contributed by atoms with Gasteiger partial charge in [0.1, 0.15) is 5.76 Å². The van der Waals surface area contributed by atoms with E-state index in [2.05, 4.69) is 11.4 Å². The second kappa shape index (κ2) is 2.98. The summed E-state index contributed by atoms with van der Waals surface area (Å²) < 4.78 is 0. The second-order valence-corrected chi connectivity index (χ2v) is 1.01. The highest BCUT2D eigenvalue weighted by Gasteiger charge is 1.95. The molecule has 0 rings (SSSR count). The number of hydrogen-bond donors (Lipinski definition) is 1. The van der Waals surface area contributed by atoms with Crippen LogP contribution in [0.1, 0.15) is 0 Å². The van der Waals surface area contributed by atoms with Gasteiger partial charge in [0.15, 0.2) is 0 Å². The van der Waals surface area contributed by atoms with E-state index in [9.17, 15) is 10.1 Å². The molecule has 0 aromatic rings. The van der Waals surface area contributed by atoms with E-state index in [1.54, 1.807) is 0 Å². The predicted octanol–water partition coefficient (Wildman–Crippen LogP) is -0.299. The molecule has 0 unspecified atom stereocenters. The summed E-state index contributed by atoms with van der Waals surface area (Å²) in [5.74, 6) is -0.269. The van der Waals surface area contributed by atoms with E-state index in [1.807, 2.05) is 0 Å². The van der Waals surface area contributed by atoms with Crippen molar-refractivity contribution in [3.8, 4) is 0 Å². The molecule has 0 amide bonds. The molecule has 0 atom stereocenters. The normalized spacial score (nSPS) is 8.12. The summed E-state index contributed by atoms with van der Waals surface area (Å²) in [6.45, 7) is 2.47. The molecule has 0 heterocycles. The van der Waals surface area contributed by atoms with Crippen LogP contribution in [-0.4, -0.2) is 16.8 Å². The molecule has 0 aliphatic rings. The molecule has 46 valence electrons. The Balaban J connectivity index is 3.40. The number of rotatable bonds is 3. The molecule has 0 spiro atoms. The second-order valence-electron chi connectivity index (χ2n) is 1.01. The fourth-order valence-electron chi connectivity index (χ4n) is 0.134. The third-order valence-electron chi connectivity index (χ3n) is 0.380. The van der Waals surface area contributed by atoms with Crippen LogP contribution in [0.25, 0.3) is 0 Å². The Hall–Kier alpha value is -1.10. The lowest BCUT2D eigenvalue weighted by Gasteiger charge is -1.93. The molecule has 0 saturated carbocycles. The van der Waals surface area contributed by atoms with Crippen molar-refractivity contribution in [2.75, 3.05) is 6.61 Å². The average Bonchev–Trinajstić information content (AvgIpc) is 1.65. The van der Waals surface area contributed by atoms with Gasteiger partial charge in [0.05, 0.1) is 6.61 Å². The monoisotopic (exact) mass is 119 g/mol. The minimum absolute atomic E-state index is 0.269. The Morgan fingerprint density at radius 1 is 2.00 bits per heavy atom. The Labute approximate surface area is 45.3 Å². The van der Waals surface area contributed by atoms with Crippen LogP contribution in [-0.2, 0) is 4.84 Å². The van der Waals surface area contributed by atoms with E-state index >= 15 is 0 Å². The van der Waals surface area contributed by atoms with Crippen LogP contribution in [0, 0.1) is 10.1 Å². The van der Waals surface area contributed by atoms with Crippen molar-refractivity contribution < 1.29 is 15.0 Å². The standard InChI is InChI=1S/C3H5NO4/c1-3(2-5)8-4(6)7/h5H,1-2H2. The lowest BCUT2D eigenvalue weighted by molar-refractivity contribution is -0.743. The third-order valence-corrected chi connectivity index (χ3v) is 0.380. The number of aliphatic hydroxyl groups excluding tert-OH is 1. The number of hydrogen-bond acceptors (Lipinski definition) is 4. The highest BCUT2D eigenvalue weighted by Crippen LogP contribution is 1.88. The van der Waals surface area contributed by atoms with Crippen molar-refractivity contribution in [3.05, 3.63) is 22.5 Å². The Morgan fingerprint density at radius 2 is 2.50 bits per heavy atom. The van der Waals surface area contributed by atoms with Crippen LogP contribution in [0.5, 0.6) is 0 Å². The average molecular weight is 119 g/mol. The van der Waals surface area contributed by atoms with Crippen LogP contribution in [0.15, 0.2) is 12.3 Å². The first-order valence-corrected chi connectivity index (χ1v) is 1.78. The van der Waals surface area contributed by atoms with Crippen LogP contribution in [0.4, 0.5) is 0 Å². The van der Waals surface area contributed by atoms with Gasteiger partial charge in [-0.2, -0.15) is 0 Å². The summed E-state index contributed by atoms with van der Waals surface area (Å²) in [6, 6.07) is 0. The van der Waals surface area contributed by atoms with Gasteiger partial charge in [-0.15, -0.1) is 10.1 Å². The van der Waals surface area contributed by atoms with Crippen molar-refractivity contribution in [2.45, 2.75) is 0 Å². The fourth-order valence-corrected chi connectivity index (χ4v) is 0.134. The zero-order valence-electron chi connectivity index (χ0n) is 4.03. The molecule has 0 aromatic heterocycles. The first kappa shape index (κ1) is 6.90. The zero-order valence-corrected chi connectivity index (χ0v) is 4.03. The van der Waals surface area contributed by atoms with Gasteiger partial charge >= 0.3 is 0 Å². The maximum Gasteiger partial charge on any atom is 0.299 e. The van der Waals surface area contributed by atoms with E-state index in [0.717, 1.165) is 0 Å². The lowest BCUT2D eigenvalue weighted by Crippen LogP contribution is -2.01. The van der Waals surface area contributed by atoms with E-state index in [4.69, 9.17) is 5.11 Å². The number of nitrogens with zero attached hydrogens (tertiary/aromatic N) is 1. The fraction of sp³-hybridized carbons (Fsp3) is 0.333. The molecule has 0 aliphatic carbocycles. The van der Waals surface area contributed by atoms with Crippen LogP contribution in [0.3, 0.4) is 0 Å². The molecular weight excluding hydrogens is 114 g/mol. The molecule has 0 saturated heterocycles. The number of aliphatic hydroxyl groups is 1. The Morgan fingerprint density at radius 3 is 2.62 bits per heavy atom. The lowest BCUT2D eigenvalue weighted by atomic mass is 10.6. The van der Waals surface area contributed by atoms with Gasteiger partial charge in [0.2, 0.25) is 0 Å². The Bertz CT molecular complexity index is 110. The predicted molar refractivity (Wildman–Crippen MR) is 24.3 cm³/mol. The molecule has 0 radical (unpaired) electrons. The van der Waals surface area contributed by atoms with E-state index in [1.165, 1.54) is 0 Å². The molecule has 0 aliphatic heterocycles. The van der Waals surface area contributed by atoms with Crippen molar-refractivity contribution in [1.29, 1.82) is 0 Å². The summed E-state index contributed by atoms with van der Waals surface area (Å²) in [5.41, 5.74) is 0. The largest absolute Gasteiger partial charge is 0.390 e. The SMILES string of the molecule is C=C(CO)O[N+](=O)[O-]. The minimum Gasteiger partial charge on any atom is -0.390 e. The zero-order chi connectivity index (χ0) is 6.57. The van der Waals surface area contributed by atoms with Crippen LogP contribution in [0.2, 0.25) is 0 Å².